The van der Waals surface area contributed by atoms with Crippen molar-refractivity contribution in [1.29, 1.82) is 0 Å². The van der Waals surface area contributed by atoms with Crippen molar-refractivity contribution < 1.29 is 58.6 Å². The standard InChI is InChI=1S/C41H65NO12/c1-24-11-13-29(43)22-34(45)39(5,49)41(50,27(4)20-28-12-14-32(44)33(21-28)53-8)54-38(48)40-15-9-10-16-42(40)37(47)35(36(40)46)26(3)19-31(52-7)23-30(51-6)18-25(2)17-24/h11,20,25-26,28,30-35,44-45,49-50H,9-10,12-19,21-23H2,1-8H3/b24-11-,27-20?. The number of Topliss-reactive ketones (excluding diaryl/α,β-unsaturated/α-hetero) is 2. The maximum absolute atomic E-state index is 14.7. The molecule has 2 saturated heterocycles. The first-order chi connectivity index (χ1) is 25.4. The highest BCUT2D eigenvalue weighted by atomic mass is 16.7. The van der Waals surface area contributed by atoms with Gasteiger partial charge in [0.15, 0.2) is 11.4 Å². The van der Waals surface area contributed by atoms with E-state index < -0.39 is 76.9 Å². The molecular formula is C41H65NO12. The van der Waals surface area contributed by atoms with Gasteiger partial charge in [-0.2, -0.15) is 0 Å². The largest absolute Gasteiger partial charge is 0.424 e. The summed E-state index contributed by atoms with van der Waals surface area (Å²) < 4.78 is 23.1. The summed E-state index contributed by atoms with van der Waals surface area (Å²) in [5, 5.41) is 46.5. The molecule has 12 unspecified atom stereocenters. The monoisotopic (exact) mass is 763 g/mol. The molecule has 1 amide bonds. The SMILES string of the molecule is COC1CC(C)C/C(C)=C\CC(=O)CC(O)C(C)(O)C(O)(C(C)=CC2CCC(O)C(OC)C2)OC(=O)C23CCCCN2C(=O)C(C3=O)C(C)CC(OC)C1. The molecule has 13 heteroatoms. The van der Waals surface area contributed by atoms with Crippen LogP contribution in [0, 0.1) is 23.7 Å². The van der Waals surface area contributed by atoms with Crippen molar-refractivity contribution in [2.45, 2.75) is 159 Å². The molecule has 54 heavy (non-hydrogen) atoms. The summed E-state index contributed by atoms with van der Waals surface area (Å²) in [7, 11) is 4.71. The summed E-state index contributed by atoms with van der Waals surface area (Å²) in [5.74, 6) is -7.50. The Kier molecular flexibility index (Phi) is 14.9. The van der Waals surface area contributed by atoms with Crippen LogP contribution in [0.2, 0.25) is 0 Å². The number of fused-ring (bicyclic) bond motifs is 1. The van der Waals surface area contributed by atoms with Gasteiger partial charge in [0, 0.05) is 40.7 Å². The molecule has 3 aliphatic heterocycles. The van der Waals surface area contributed by atoms with E-state index in [2.05, 4.69) is 6.92 Å². The van der Waals surface area contributed by atoms with Crippen molar-refractivity contribution >= 4 is 23.4 Å². The number of hydrogen-bond acceptors (Lipinski definition) is 12. The van der Waals surface area contributed by atoms with Gasteiger partial charge in [0.05, 0.1) is 30.5 Å². The predicted octanol–water partition coefficient (Wildman–Crippen LogP) is 3.57. The molecule has 13 nitrogen and oxygen atoms in total. The molecule has 3 fully saturated rings. The zero-order valence-corrected chi connectivity index (χ0v) is 33.5. The molecular weight excluding hydrogens is 698 g/mol. The number of hydrogen-bond donors (Lipinski definition) is 4. The third kappa shape index (κ3) is 9.03. The van der Waals surface area contributed by atoms with Crippen LogP contribution in [0.1, 0.15) is 112 Å². The first kappa shape index (κ1) is 44.2. The second-order valence-corrected chi connectivity index (χ2v) is 16.8. The van der Waals surface area contributed by atoms with Crippen molar-refractivity contribution in [3.05, 3.63) is 23.3 Å². The van der Waals surface area contributed by atoms with Gasteiger partial charge in [-0.05, 0) is 108 Å². The fourth-order valence-corrected chi connectivity index (χ4v) is 9.30. The fraction of sp³-hybridized carbons (Fsp3) is 0.805. The maximum atomic E-state index is 14.7. The van der Waals surface area contributed by atoms with Crippen LogP contribution in [0.15, 0.2) is 23.3 Å². The van der Waals surface area contributed by atoms with Crippen molar-refractivity contribution in [3.63, 3.8) is 0 Å². The van der Waals surface area contributed by atoms with Crippen molar-refractivity contribution in [1.82, 2.24) is 4.90 Å². The highest BCUT2D eigenvalue weighted by Gasteiger charge is 2.67. The Balaban J connectivity index is 1.81. The molecule has 4 N–H and O–H groups in total. The van der Waals surface area contributed by atoms with Crippen LogP contribution in [-0.2, 0) is 38.1 Å². The topological polar surface area (TPSA) is 189 Å². The number of methoxy groups -OCH3 is 3. The average molecular weight is 764 g/mol. The van der Waals surface area contributed by atoms with Gasteiger partial charge in [-0.3, -0.25) is 14.4 Å². The van der Waals surface area contributed by atoms with Crippen LogP contribution in [-0.4, -0.2) is 124 Å². The Hall–Kier alpha value is -2.52. The van der Waals surface area contributed by atoms with Gasteiger partial charge in [-0.25, -0.2) is 4.79 Å². The Morgan fingerprint density at radius 3 is 2.24 bits per heavy atom. The summed E-state index contributed by atoms with van der Waals surface area (Å²) in [6.45, 7) is 8.48. The van der Waals surface area contributed by atoms with Gasteiger partial charge in [-0.15, -0.1) is 0 Å². The number of piperidine rings is 1. The van der Waals surface area contributed by atoms with Crippen molar-refractivity contribution in [3.8, 4) is 0 Å². The van der Waals surface area contributed by atoms with Gasteiger partial charge < -0.3 is 44.3 Å². The number of nitrogens with zero attached hydrogens (tertiary/aromatic N) is 1. The normalized spacial score (nSPS) is 42.4. The smallest absolute Gasteiger partial charge is 0.342 e. The summed E-state index contributed by atoms with van der Waals surface area (Å²) in [4.78, 5) is 58.1. The van der Waals surface area contributed by atoms with Gasteiger partial charge in [-0.1, -0.05) is 31.6 Å². The number of allylic oxidation sites excluding steroid dienone is 3. The number of carbonyl (C=O) groups excluding carboxylic acids is 4. The molecule has 4 aliphatic rings. The van der Waals surface area contributed by atoms with Crippen molar-refractivity contribution in [2.75, 3.05) is 27.9 Å². The molecule has 1 spiro atoms. The number of rotatable bonds is 5. The maximum Gasteiger partial charge on any atom is 0.342 e. The number of ketones is 2. The Labute approximate surface area is 320 Å². The van der Waals surface area contributed by atoms with Crippen LogP contribution < -0.4 is 0 Å². The van der Waals surface area contributed by atoms with E-state index in [1.54, 1.807) is 33.3 Å². The highest BCUT2D eigenvalue weighted by molar-refractivity contribution is 6.23. The molecule has 2 bridgehead atoms. The Morgan fingerprint density at radius 2 is 1.59 bits per heavy atom. The quantitative estimate of drug-likeness (QED) is 0.181. The van der Waals surface area contributed by atoms with Crippen LogP contribution in [0.5, 0.6) is 0 Å². The van der Waals surface area contributed by atoms with E-state index in [0.29, 0.717) is 57.8 Å². The minimum Gasteiger partial charge on any atom is -0.424 e. The summed E-state index contributed by atoms with van der Waals surface area (Å²) in [6.07, 6.45) is 3.63. The zero-order valence-electron chi connectivity index (χ0n) is 33.5. The number of cyclic esters (lactones) is 1. The summed E-state index contributed by atoms with van der Waals surface area (Å²) in [6, 6.07) is 0. The van der Waals surface area contributed by atoms with E-state index in [1.165, 1.54) is 18.9 Å². The van der Waals surface area contributed by atoms with E-state index in [0.717, 1.165) is 12.5 Å². The number of esters is 1. The molecule has 306 valence electrons. The second-order valence-electron chi connectivity index (χ2n) is 16.8. The Bertz CT molecular complexity index is 1430. The lowest BCUT2D eigenvalue weighted by molar-refractivity contribution is -0.287. The predicted molar refractivity (Wildman–Crippen MR) is 199 cm³/mol. The minimum absolute atomic E-state index is 0.0328. The van der Waals surface area contributed by atoms with Gasteiger partial charge in [0.25, 0.3) is 5.79 Å². The molecule has 4 rings (SSSR count). The van der Waals surface area contributed by atoms with Crippen LogP contribution in [0.4, 0.5) is 0 Å². The third-order valence-electron chi connectivity index (χ3n) is 12.7. The summed E-state index contributed by atoms with van der Waals surface area (Å²) >= 11 is 0. The highest BCUT2D eigenvalue weighted by Crippen LogP contribution is 2.46. The Morgan fingerprint density at radius 1 is 0.926 bits per heavy atom. The molecule has 0 aromatic heterocycles. The first-order valence-electron chi connectivity index (χ1n) is 19.7. The molecule has 3 heterocycles. The molecule has 1 aliphatic carbocycles. The molecule has 1 saturated carbocycles. The zero-order chi connectivity index (χ0) is 40.2. The van der Waals surface area contributed by atoms with E-state index in [-0.39, 0.29) is 49.0 Å². The molecule has 0 radical (unpaired) electrons. The van der Waals surface area contributed by atoms with E-state index in [1.807, 2.05) is 6.92 Å². The average Bonchev–Trinajstić information content (AvgIpc) is 3.36. The minimum atomic E-state index is -2.94. The number of carbonyl (C=O) groups is 4. The lowest BCUT2D eigenvalue weighted by Crippen LogP contribution is -2.66. The molecule has 12 atom stereocenters. The second kappa shape index (κ2) is 18.2. The lowest BCUT2D eigenvalue weighted by atomic mass is 9.77. The number of aliphatic hydroxyl groups excluding tert-OH is 2. The van der Waals surface area contributed by atoms with Crippen LogP contribution in [0.3, 0.4) is 0 Å². The first-order valence-corrected chi connectivity index (χ1v) is 19.7. The summed E-state index contributed by atoms with van der Waals surface area (Å²) in [5.41, 5.74) is -3.79. The molecule has 0 aromatic rings. The van der Waals surface area contributed by atoms with Gasteiger partial charge in [0.1, 0.15) is 11.7 Å². The van der Waals surface area contributed by atoms with E-state index >= 15 is 0 Å². The third-order valence-corrected chi connectivity index (χ3v) is 12.7. The molecule has 0 aromatic carbocycles. The number of ether oxygens (including phenoxy) is 4. The number of aliphatic hydroxyl groups is 4. The fourth-order valence-electron chi connectivity index (χ4n) is 9.30. The van der Waals surface area contributed by atoms with Crippen molar-refractivity contribution in [2.24, 2.45) is 23.7 Å². The van der Waals surface area contributed by atoms with Gasteiger partial charge >= 0.3 is 5.97 Å². The number of amides is 1. The van der Waals surface area contributed by atoms with E-state index in [4.69, 9.17) is 18.9 Å². The lowest BCUT2D eigenvalue weighted by Gasteiger charge is -2.46. The van der Waals surface area contributed by atoms with Gasteiger partial charge in [0.2, 0.25) is 11.4 Å². The van der Waals surface area contributed by atoms with Crippen LogP contribution >= 0.6 is 0 Å². The van der Waals surface area contributed by atoms with E-state index in [9.17, 15) is 39.6 Å². The van der Waals surface area contributed by atoms with Crippen LogP contribution in [0.25, 0.3) is 0 Å².